The smallest absolute Gasteiger partial charge is 0.339 e. The van der Waals surface area contributed by atoms with E-state index in [0.29, 0.717) is 5.69 Å². The third-order valence-corrected chi connectivity index (χ3v) is 2.56. The molecule has 1 aliphatic rings. The highest BCUT2D eigenvalue weighted by Gasteiger charge is 2.27. The van der Waals surface area contributed by atoms with Crippen molar-refractivity contribution in [2.75, 3.05) is 18.6 Å². The van der Waals surface area contributed by atoms with E-state index < -0.39 is 5.97 Å². The third-order valence-electron chi connectivity index (χ3n) is 2.34. The van der Waals surface area contributed by atoms with Crippen molar-refractivity contribution >= 4 is 29.2 Å². The molecule has 0 aromatic heterocycles. The molecular weight excluding hydrogens is 234 g/mol. The van der Waals surface area contributed by atoms with Crippen LogP contribution in [0.5, 0.6) is 5.75 Å². The number of ether oxygens (including phenoxy) is 1. The van der Waals surface area contributed by atoms with Gasteiger partial charge in [0, 0.05) is 12.1 Å². The quantitative estimate of drug-likeness (QED) is 0.807. The number of aromatic carboxylic acids is 1. The van der Waals surface area contributed by atoms with Crippen LogP contribution in [0.3, 0.4) is 0 Å². The summed E-state index contributed by atoms with van der Waals surface area (Å²) >= 11 is 5.78. The summed E-state index contributed by atoms with van der Waals surface area (Å²) in [6, 6.07) is 2.80. The van der Waals surface area contributed by atoms with E-state index in [1.54, 1.807) is 7.05 Å². The Bertz CT molecular complexity index is 486. The van der Waals surface area contributed by atoms with Crippen molar-refractivity contribution in [3.8, 4) is 5.75 Å². The summed E-state index contributed by atoms with van der Waals surface area (Å²) in [6.45, 7) is -0.161. The molecule has 5 nitrogen and oxygen atoms in total. The first-order chi connectivity index (χ1) is 7.50. The zero-order valence-electron chi connectivity index (χ0n) is 8.36. The highest BCUT2D eigenvalue weighted by atomic mass is 35.5. The van der Waals surface area contributed by atoms with Gasteiger partial charge in [0.15, 0.2) is 12.4 Å². The molecule has 0 spiro atoms. The first-order valence-corrected chi connectivity index (χ1v) is 4.84. The number of fused-ring (bicyclic) bond motifs is 1. The molecule has 1 N–H and O–H groups in total. The van der Waals surface area contributed by atoms with Gasteiger partial charge in [0.1, 0.15) is 5.56 Å². The molecule has 1 amide bonds. The van der Waals surface area contributed by atoms with E-state index in [0.717, 1.165) is 0 Å². The molecule has 1 heterocycles. The van der Waals surface area contributed by atoms with E-state index in [1.807, 2.05) is 0 Å². The molecule has 0 saturated heterocycles. The molecule has 2 rings (SSSR count). The van der Waals surface area contributed by atoms with E-state index in [4.69, 9.17) is 21.4 Å². The van der Waals surface area contributed by atoms with Gasteiger partial charge in [0.05, 0.1) is 5.69 Å². The maximum absolute atomic E-state index is 11.4. The molecule has 0 aliphatic carbocycles. The number of halogens is 1. The van der Waals surface area contributed by atoms with Gasteiger partial charge in [-0.25, -0.2) is 4.79 Å². The minimum atomic E-state index is -1.14. The molecule has 0 unspecified atom stereocenters. The van der Waals surface area contributed by atoms with Crippen LogP contribution in [0.1, 0.15) is 10.4 Å². The van der Waals surface area contributed by atoms with Crippen LogP contribution in [-0.2, 0) is 4.79 Å². The lowest BCUT2D eigenvalue weighted by molar-refractivity contribution is -0.121. The predicted octanol–water partition coefficient (Wildman–Crippen LogP) is 1.39. The number of hydrogen-bond acceptors (Lipinski definition) is 3. The predicted molar refractivity (Wildman–Crippen MR) is 57.3 cm³/mol. The van der Waals surface area contributed by atoms with Gasteiger partial charge < -0.3 is 14.7 Å². The SMILES string of the molecule is CN1C(=O)COc2c(C(=O)O)cc(Cl)cc21. The molecule has 16 heavy (non-hydrogen) atoms. The minimum absolute atomic E-state index is 0.0400. The lowest BCUT2D eigenvalue weighted by Crippen LogP contribution is -2.36. The van der Waals surface area contributed by atoms with Crippen LogP contribution in [-0.4, -0.2) is 30.6 Å². The van der Waals surface area contributed by atoms with E-state index in [-0.39, 0.29) is 28.8 Å². The lowest BCUT2D eigenvalue weighted by atomic mass is 10.1. The second-order valence-electron chi connectivity index (χ2n) is 3.35. The summed E-state index contributed by atoms with van der Waals surface area (Å²) in [5.74, 6) is -1.20. The first-order valence-electron chi connectivity index (χ1n) is 4.47. The van der Waals surface area contributed by atoms with Crippen molar-refractivity contribution in [3.63, 3.8) is 0 Å². The molecule has 1 aromatic carbocycles. The number of likely N-dealkylation sites (N-methyl/N-ethyl adjacent to an activating group) is 1. The van der Waals surface area contributed by atoms with E-state index in [1.165, 1.54) is 17.0 Å². The molecule has 84 valence electrons. The van der Waals surface area contributed by atoms with E-state index >= 15 is 0 Å². The minimum Gasteiger partial charge on any atom is -0.481 e. The molecule has 6 heteroatoms. The summed E-state index contributed by atoms with van der Waals surface area (Å²) in [5, 5.41) is 9.23. The molecule has 1 aromatic rings. The largest absolute Gasteiger partial charge is 0.481 e. The lowest BCUT2D eigenvalue weighted by Gasteiger charge is -2.27. The Hall–Kier alpha value is -1.75. The normalized spacial score (nSPS) is 14.4. The van der Waals surface area contributed by atoms with E-state index in [2.05, 4.69) is 0 Å². The van der Waals surface area contributed by atoms with Crippen LogP contribution in [0.25, 0.3) is 0 Å². The second-order valence-corrected chi connectivity index (χ2v) is 3.78. The molecule has 0 atom stereocenters. The van der Waals surface area contributed by atoms with Gasteiger partial charge in [0.25, 0.3) is 5.91 Å². The van der Waals surface area contributed by atoms with Gasteiger partial charge in [-0.3, -0.25) is 4.79 Å². The number of hydrogen-bond donors (Lipinski definition) is 1. The fourth-order valence-electron chi connectivity index (χ4n) is 1.50. The monoisotopic (exact) mass is 241 g/mol. The molecular formula is C10H8ClNO4. The van der Waals surface area contributed by atoms with Gasteiger partial charge in [-0.15, -0.1) is 0 Å². The summed E-state index contributed by atoms with van der Waals surface area (Å²) < 4.78 is 5.12. The standard InChI is InChI=1S/C10H8ClNO4/c1-12-7-3-5(11)2-6(10(14)15)9(7)16-4-8(12)13/h2-3H,4H2,1H3,(H,14,15). The number of carboxylic acids is 1. The number of anilines is 1. The van der Waals surface area contributed by atoms with Crippen molar-refractivity contribution in [1.29, 1.82) is 0 Å². The summed E-state index contributed by atoms with van der Waals surface area (Å²) in [5.41, 5.74) is 0.336. The van der Waals surface area contributed by atoms with Crippen LogP contribution >= 0.6 is 11.6 Å². The summed E-state index contributed by atoms with van der Waals surface area (Å²) in [6.07, 6.45) is 0. The fourth-order valence-corrected chi connectivity index (χ4v) is 1.72. The Morgan fingerprint density at radius 1 is 1.56 bits per heavy atom. The maximum Gasteiger partial charge on any atom is 0.339 e. The zero-order valence-corrected chi connectivity index (χ0v) is 9.11. The molecule has 0 radical (unpaired) electrons. The van der Waals surface area contributed by atoms with Gasteiger partial charge in [0.2, 0.25) is 0 Å². The summed E-state index contributed by atoms with van der Waals surface area (Å²) in [4.78, 5) is 23.7. The maximum atomic E-state index is 11.4. The molecule has 0 bridgehead atoms. The topological polar surface area (TPSA) is 66.8 Å². The van der Waals surface area contributed by atoms with Crippen molar-refractivity contribution in [1.82, 2.24) is 0 Å². The third kappa shape index (κ3) is 1.59. The zero-order chi connectivity index (χ0) is 11.9. The van der Waals surface area contributed by atoms with Crippen LogP contribution in [0.2, 0.25) is 5.02 Å². The van der Waals surface area contributed by atoms with Gasteiger partial charge in [-0.05, 0) is 12.1 Å². The van der Waals surface area contributed by atoms with Crippen molar-refractivity contribution in [2.45, 2.75) is 0 Å². The Morgan fingerprint density at radius 2 is 2.25 bits per heavy atom. The average Bonchev–Trinajstić information content (AvgIpc) is 2.23. The number of carbonyl (C=O) groups is 2. The second kappa shape index (κ2) is 3.68. The Balaban J connectivity index is 2.65. The first kappa shape index (κ1) is 10.8. The molecule has 0 saturated carbocycles. The van der Waals surface area contributed by atoms with Gasteiger partial charge in [-0.1, -0.05) is 11.6 Å². The average molecular weight is 242 g/mol. The number of carboxylic acid groups (broad SMARTS) is 1. The Kier molecular flexibility index (Phi) is 2.47. The van der Waals surface area contributed by atoms with Crippen molar-refractivity contribution in [3.05, 3.63) is 22.7 Å². The van der Waals surface area contributed by atoms with Crippen LogP contribution in [0.15, 0.2) is 12.1 Å². The Morgan fingerprint density at radius 3 is 2.88 bits per heavy atom. The van der Waals surface area contributed by atoms with Crippen molar-refractivity contribution < 1.29 is 19.4 Å². The number of amides is 1. The number of rotatable bonds is 1. The highest BCUT2D eigenvalue weighted by molar-refractivity contribution is 6.31. The van der Waals surface area contributed by atoms with Gasteiger partial charge in [-0.2, -0.15) is 0 Å². The van der Waals surface area contributed by atoms with Gasteiger partial charge >= 0.3 is 5.97 Å². The van der Waals surface area contributed by atoms with Crippen LogP contribution < -0.4 is 9.64 Å². The Labute approximate surface area is 96.2 Å². The van der Waals surface area contributed by atoms with Crippen LogP contribution in [0.4, 0.5) is 5.69 Å². The van der Waals surface area contributed by atoms with Crippen LogP contribution in [0, 0.1) is 0 Å². The fraction of sp³-hybridized carbons (Fsp3) is 0.200. The molecule has 1 aliphatic heterocycles. The highest BCUT2D eigenvalue weighted by Crippen LogP contribution is 2.37. The number of carbonyl (C=O) groups excluding carboxylic acids is 1. The number of benzene rings is 1. The van der Waals surface area contributed by atoms with Crippen molar-refractivity contribution in [2.24, 2.45) is 0 Å². The number of nitrogens with zero attached hydrogens (tertiary/aromatic N) is 1. The molecule has 0 fully saturated rings. The summed E-state index contributed by atoms with van der Waals surface area (Å²) in [7, 11) is 1.55. The van der Waals surface area contributed by atoms with E-state index in [9.17, 15) is 9.59 Å².